The molecule has 0 saturated heterocycles. The quantitative estimate of drug-likeness (QED) is 0.644. The number of nitrogens with one attached hydrogen (secondary N) is 1. The van der Waals surface area contributed by atoms with E-state index in [0.717, 1.165) is 11.1 Å². The summed E-state index contributed by atoms with van der Waals surface area (Å²) in [7, 11) is 0. The third kappa shape index (κ3) is 1.15. The van der Waals surface area contributed by atoms with Gasteiger partial charge in [0.1, 0.15) is 6.04 Å². The number of hydrazone groups is 1. The number of hydrogen-bond acceptors (Lipinski definition) is 3. The molecule has 1 unspecified atom stereocenters. The Balaban J connectivity index is 2.18. The summed E-state index contributed by atoms with van der Waals surface area (Å²) in [6.45, 7) is 0. The lowest BCUT2D eigenvalue weighted by Gasteiger charge is -2.32. The molecule has 80 valence electrons. The fraction of sp³-hybridized carbons (Fsp3) is 0.0909. The van der Waals surface area contributed by atoms with E-state index < -0.39 is 12.1 Å². The van der Waals surface area contributed by atoms with Crippen molar-refractivity contribution in [3.8, 4) is 0 Å². The number of carbonyl (C=O) groups excluding carboxylic acids is 1. The maximum atomic E-state index is 11.3. The Hall–Kier alpha value is -2.14. The summed E-state index contributed by atoms with van der Waals surface area (Å²) in [5.74, 6) is 0. The number of rotatable bonds is 0. The van der Waals surface area contributed by atoms with Gasteiger partial charge < -0.3 is 0 Å². The van der Waals surface area contributed by atoms with Gasteiger partial charge in [-0.2, -0.15) is 10.2 Å². The summed E-state index contributed by atoms with van der Waals surface area (Å²) < 4.78 is 0. The van der Waals surface area contributed by atoms with Crippen molar-refractivity contribution < 1.29 is 10.0 Å². The van der Waals surface area contributed by atoms with Crippen LogP contribution in [-0.2, 0) is 0 Å². The first-order valence-electron chi connectivity index (χ1n) is 4.90. The van der Waals surface area contributed by atoms with Gasteiger partial charge in [0, 0.05) is 0 Å². The van der Waals surface area contributed by atoms with Gasteiger partial charge in [-0.1, -0.05) is 30.3 Å². The van der Waals surface area contributed by atoms with E-state index in [2.05, 4.69) is 10.5 Å². The van der Waals surface area contributed by atoms with Crippen molar-refractivity contribution in [1.29, 1.82) is 0 Å². The predicted octanol–water partition coefficient (Wildman–Crippen LogP) is 1.52. The Morgan fingerprint density at radius 1 is 1.31 bits per heavy atom. The van der Waals surface area contributed by atoms with Crippen molar-refractivity contribution in [1.82, 2.24) is 10.5 Å². The molecule has 1 heterocycles. The van der Waals surface area contributed by atoms with Crippen molar-refractivity contribution in [2.24, 2.45) is 5.10 Å². The fourth-order valence-corrected chi connectivity index (χ4v) is 1.97. The van der Waals surface area contributed by atoms with Crippen LogP contribution in [0.5, 0.6) is 0 Å². The predicted molar refractivity (Wildman–Crippen MR) is 57.8 cm³/mol. The van der Waals surface area contributed by atoms with Gasteiger partial charge in [-0.3, -0.25) is 5.21 Å². The molecule has 1 aliphatic heterocycles. The van der Waals surface area contributed by atoms with E-state index in [-0.39, 0.29) is 0 Å². The average Bonchev–Trinajstić information content (AvgIpc) is 2.33. The van der Waals surface area contributed by atoms with Crippen molar-refractivity contribution in [3.05, 3.63) is 41.5 Å². The van der Waals surface area contributed by atoms with E-state index in [1.54, 1.807) is 6.08 Å². The molecule has 1 aromatic rings. The third-order valence-corrected chi connectivity index (χ3v) is 2.74. The van der Waals surface area contributed by atoms with E-state index in [0.29, 0.717) is 10.8 Å². The highest BCUT2D eigenvalue weighted by molar-refractivity contribution is 6.08. The van der Waals surface area contributed by atoms with Crippen molar-refractivity contribution >= 4 is 17.8 Å². The highest BCUT2D eigenvalue weighted by atomic mass is 16.5. The summed E-state index contributed by atoms with van der Waals surface area (Å²) in [6.07, 6.45) is 3.70. The van der Waals surface area contributed by atoms with Gasteiger partial charge in [0.25, 0.3) is 0 Å². The molecule has 5 heteroatoms. The second-order valence-corrected chi connectivity index (χ2v) is 3.66. The molecule has 0 fully saturated rings. The van der Waals surface area contributed by atoms with Crippen LogP contribution >= 0.6 is 0 Å². The zero-order valence-corrected chi connectivity index (χ0v) is 8.29. The SMILES string of the molecule is O=C1NN=C2C=Cc3ccccc3C2N1O. The molecule has 0 bridgehead atoms. The molecule has 3 rings (SSSR count). The summed E-state index contributed by atoms with van der Waals surface area (Å²) in [6, 6.07) is 6.48. The number of carbonyl (C=O) groups is 1. The maximum absolute atomic E-state index is 11.3. The zero-order chi connectivity index (χ0) is 11.1. The average molecular weight is 215 g/mol. The van der Waals surface area contributed by atoms with Crippen molar-refractivity contribution in [3.63, 3.8) is 0 Å². The smallest absolute Gasteiger partial charge is 0.283 e. The molecule has 2 N–H and O–H groups in total. The van der Waals surface area contributed by atoms with E-state index >= 15 is 0 Å². The molecule has 1 aromatic carbocycles. The lowest BCUT2D eigenvalue weighted by molar-refractivity contribution is -0.0635. The van der Waals surface area contributed by atoms with Crippen LogP contribution in [-0.4, -0.2) is 22.0 Å². The molecular formula is C11H9N3O2. The van der Waals surface area contributed by atoms with E-state index in [4.69, 9.17) is 0 Å². The second-order valence-electron chi connectivity index (χ2n) is 3.66. The van der Waals surface area contributed by atoms with Gasteiger partial charge in [-0.25, -0.2) is 10.2 Å². The molecule has 0 spiro atoms. The summed E-state index contributed by atoms with van der Waals surface area (Å²) in [5.41, 5.74) is 4.72. The first-order valence-corrected chi connectivity index (χ1v) is 4.90. The molecule has 5 nitrogen and oxygen atoms in total. The van der Waals surface area contributed by atoms with Crippen LogP contribution in [0.1, 0.15) is 17.2 Å². The van der Waals surface area contributed by atoms with Crippen molar-refractivity contribution in [2.75, 3.05) is 0 Å². The van der Waals surface area contributed by atoms with Crippen molar-refractivity contribution in [2.45, 2.75) is 6.04 Å². The van der Waals surface area contributed by atoms with Gasteiger partial charge in [-0.05, 0) is 17.2 Å². The normalized spacial score (nSPS) is 22.1. The highest BCUT2D eigenvalue weighted by Crippen LogP contribution is 2.31. The summed E-state index contributed by atoms with van der Waals surface area (Å²) >= 11 is 0. The number of nitrogens with zero attached hydrogens (tertiary/aromatic N) is 2. The molecule has 1 aliphatic carbocycles. The molecule has 0 saturated carbocycles. The van der Waals surface area contributed by atoms with E-state index in [1.807, 2.05) is 30.3 Å². The maximum Gasteiger partial charge on any atom is 0.362 e. The largest absolute Gasteiger partial charge is 0.362 e. The molecule has 2 amide bonds. The van der Waals surface area contributed by atoms with Gasteiger partial charge in [0.2, 0.25) is 0 Å². The van der Waals surface area contributed by atoms with Gasteiger partial charge >= 0.3 is 6.03 Å². The Bertz CT molecular complexity index is 522. The zero-order valence-electron chi connectivity index (χ0n) is 8.29. The molecule has 0 radical (unpaired) electrons. The minimum atomic E-state index is -0.612. The van der Waals surface area contributed by atoms with Gasteiger partial charge in [-0.15, -0.1) is 0 Å². The first-order chi connectivity index (χ1) is 7.77. The Morgan fingerprint density at radius 2 is 2.12 bits per heavy atom. The molecule has 1 atom stereocenters. The first kappa shape index (κ1) is 9.11. The minimum Gasteiger partial charge on any atom is -0.283 e. The van der Waals surface area contributed by atoms with Crippen LogP contribution in [0.25, 0.3) is 6.08 Å². The monoisotopic (exact) mass is 215 g/mol. The topological polar surface area (TPSA) is 64.9 Å². The molecule has 16 heavy (non-hydrogen) atoms. The van der Waals surface area contributed by atoms with Crippen LogP contribution in [0.15, 0.2) is 35.4 Å². The summed E-state index contributed by atoms with van der Waals surface area (Å²) in [5, 5.41) is 14.3. The highest BCUT2D eigenvalue weighted by Gasteiger charge is 2.34. The van der Waals surface area contributed by atoms with Gasteiger partial charge in [0.15, 0.2) is 0 Å². The number of hydroxylamine groups is 2. The number of amides is 2. The number of fused-ring (bicyclic) bond motifs is 3. The standard InChI is InChI=1S/C11H9N3O2/c15-11-13-12-9-6-5-7-3-1-2-4-8(7)10(9)14(11)16/h1-6,10,16H,(H,13,15). The number of hydrogen-bond donors (Lipinski definition) is 2. The third-order valence-electron chi connectivity index (χ3n) is 2.74. The Kier molecular flexibility index (Phi) is 1.81. The molecule has 0 aromatic heterocycles. The number of urea groups is 1. The number of benzene rings is 1. The van der Waals surface area contributed by atoms with Crippen LogP contribution in [0.3, 0.4) is 0 Å². The van der Waals surface area contributed by atoms with E-state index in [9.17, 15) is 10.0 Å². The lowest BCUT2D eigenvalue weighted by atomic mass is 9.91. The molecule has 2 aliphatic rings. The van der Waals surface area contributed by atoms with Crippen LogP contribution < -0.4 is 5.43 Å². The minimum absolute atomic E-state index is 0.505. The molecular weight excluding hydrogens is 206 g/mol. The van der Waals surface area contributed by atoms with E-state index in [1.165, 1.54) is 0 Å². The van der Waals surface area contributed by atoms with Crippen LogP contribution in [0.2, 0.25) is 0 Å². The summed E-state index contributed by atoms with van der Waals surface area (Å²) in [4.78, 5) is 11.3. The fourth-order valence-electron chi connectivity index (χ4n) is 1.97. The van der Waals surface area contributed by atoms with Crippen LogP contribution in [0.4, 0.5) is 4.79 Å². The Morgan fingerprint density at radius 3 is 3.00 bits per heavy atom. The Labute approximate surface area is 91.6 Å². The second kappa shape index (κ2) is 3.18. The van der Waals surface area contributed by atoms with Gasteiger partial charge in [0.05, 0.1) is 5.71 Å². The van der Waals surface area contributed by atoms with Crippen LogP contribution in [0, 0.1) is 0 Å². The lowest BCUT2D eigenvalue weighted by Crippen LogP contribution is -2.46.